The second kappa shape index (κ2) is 4.41. The summed E-state index contributed by atoms with van der Waals surface area (Å²) >= 11 is 0. The van der Waals surface area contributed by atoms with Crippen LogP contribution in [-0.2, 0) is 0 Å². The van der Waals surface area contributed by atoms with Crippen molar-refractivity contribution >= 4 is 0 Å². The molecule has 0 aliphatic heterocycles. The van der Waals surface area contributed by atoms with Crippen LogP contribution in [0.5, 0.6) is 0 Å². The Labute approximate surface area is 80.9 Å². The maximum absolute atomic E-state index is 13.6. The van der Waals surface area contributed by atoms with Crippen molar-refractivity contribution in [3.8, 4) is 0 Å². The van der Waals surface area contributed by atoms with Crippen LogP contribution in [0, 0.1) is 11.8 Å². The number of alkyl halides is 1. The van der Waals surface area contributed by atoms with Crippen molar-refractivity contribution in [3.05, 3.63) is 0 Å². The first-order valence-electron chi connectivity index (χ1n) is 5.43. The van der Waals surface area contributed by atoms with E-state index in [1.54, 1.807) is 13.8 Å². The highest BCUT2D eigenvalue weighted by molar-refractivity contribution is 4.83. The monoisotopic (exact) mass is 187 g/mol. The summed E-state index contributed by atoms with van der Waals surface area (Å²) < 4.78 is 13.6. The highest BCUT2D eigenvalue weighted by Gasteiger charge is 2.32. The van der Waals surface area contributed by atoms with Gasteiger partial charge in [0.05, 0.1) is 0 Å². The Balaban J connectivity index is 2.30. The third-order valence-electron chi connectivity index (χ3n) is 3.39. The molecule has 0 aromatic rings. The fourth-order valence-corrected chi connectivity index (χ4v) is 2.37. The van der Waals surface area contributed by atoms with Gasteiger partial charge in [0.1, 0.15) is 5.67 Å². The van der Waals surface area contributed by atoms with E-state index in [9.17, 15) is 4.39 Å². The van der Waals surface area contributed by atoms with Crippen molar-refractivity contribution in [1.29, 1.82) is 0 Å². The molecule has 0 atom stereocenters. The molecule has 1 fully saturated rings. The first kappa shape index (κ1) is 11.0. The van der Waals surface area contributed by atoms with Gasteiger partial charge in [-0.05, 0) is 51.5 Å². The summed E-state index contributed by atoms with van der Waals surface area (Å²) in [5, 5.41) is 0. The van der Waals surface area contributed by atoms with Gasteiger partial charge >= 0.3 is 0 Å². The fraction of sp³-hybridized carbons (Fsp3) is 1.00. The lowest BCUT2D eigenvalue weighted by Crippen LogP contribution is -2.30. The van der Waals surface area contributed by atoms with Crippen molar-refractivity contribution in [2.75, 3.05) is 6.54 Å². The zero-order chi connectivity index (χ0) is 9.90. The van der Waals surface area contributed by atoms with E-state index in [-0.39, 0.29) is 5.92 Å². The number of hydrogen-bond acceptors (Lipinski definition) is 1. The summed E-state index contributed by atoms with van der Waals surface area (Å²) in [6.45, 7) is 4.20. The Kier molecular flexibility index (Phi) is 3.72. The predicted molar refractivity (Wildman–Crippen MR) is 54.3 cm³/mol. The average Bonchev–Trinajstić information content (AvgIpc) is 2.04. The number of nitrogens with two attached hydrogens (primary N) is 1. The molecular formula is C11H22FN. The lowest BCUT2D eigenvalue weighted by molar-refractivity contribution is 0.0792. The van der Waals surface area contributed by atoms with Crippen LogP contribution in [0.4, 0.5) is 4.39 Å². The zero-order valence-corrected chi connectivity index (χ0v) is 8.85. The number of halogens is 1. The molecule has 1 rings (SSSR count). The van der Waals surface area contributed by atoms with Gasteiger partial charge in [-0.25, -0.2) is 4.39 Å². The maximum atomic E-state index is 13.6. The quantitative estimate of drug-likeness (QED) is 0.722. The van der Waals surface area contributed by atoms with E-state index in [0.29, 0.717) is 0 Å². The van der Waals surface area contributed by atoms with Gasteiger partial charge in [0.25, 0.3) is 0 Å². The highest BCUT2D eigenvalue weighted by atomic mass is 19.1. The minimum atomic E-state index is -0.978. The number of rotatable bonds is 3. The average molecular weight is 187 g/mol. The topological polar surface area (TPSA) is 26.0 Å². The van der Waals surface area contributed by atoms with Crippen LogP contribution < -0.4 is 5.73 Å². The molecule has 0 aromatic heterocycles. The molecule has 0 spiro atoms. The van der Waals surface area contributed by atoms with Gasteiger partial charge in [0, 0.05) is 0 Å². The van der Waals surface area contributed by atoms with Crippen molar-refractivity contribution < 1.29 is 4.39 Å². The van der Waals surface area contributed by atoms with Gasteiger partial charge in [-0.15, -0.1) is 0 Å². The van der Waals surface area contributed by atoms with Crippen LogP contribution in [0.15, 0.2) is 0 Å². The Bertz CT molecular complexity index is 143. The minimum absolute atomic E-state index is 0.279. The molecule has 2 heteroatoms. The molecule has 0 bridgehead atoms. The van der Waals surface area contributed by atoms with Gasteiger partial charge < -0.3 is 5.73 Å². The van der Waals surface area contributed by atoms with E-state index in [2.05, 4.69) is 0 Å². The zero-order valence-electron chi connectivity index (χ0n) is 8.85. The summed E-state index contributed by atoms with van der Waals surface area (Å²) in [6.07, 6.45) is 5.58. The van der Waals surface area contributed by atoms with Gasteiger partial charge in [-0.3, -0.25) is 0 Å². The fourth-order valence-electron chi connectivity index (χ4n) is 2.37. The van der Waals surface area contributed by atoms with E-state index >= 15 is 0 Å². The molecule has 0 unspecified atom stereocenters. The molecule has 0 aromatic carbocycles. The number of hydrogen-bond donors (Lipinski definition) is 1. The molecule has 0 saturated heterocycles. The largest absolute Gasteiger partial charge is 0.330 e. The normalized spacial score (nSPS) is 30.5. The van der Waals surface area contributed by atoms with Gasteiger partial charge in [0.15, 0.2) is 0 Å². The van der Waals surface area contributed by atoms with E-state index in [0.717, 1.165) is 31.7 Å². The molecule has 1 nitrogen and oxygen atoms in total. The predicted octanol–water partition coefficient (Wildman–Crippen LogP) is 2.89. The van der Waals surface area contributed by atoms with Crippen molar-refractivity contribution in [2.45, 2.75) is 51.6 Å². The van der Waals surface area contributed by atoms with Crippen LogP contribution in [0.25, 0.3) is 0 Å². The van der Waals surface area contributed by atoms with Crippen LogP contribution >= 0.6 is 0 Å². The third kappa shape index (κ3) is 3.26. The van der Waals surface area contributed by atoms with Crippen LogP contribution in [0.1, 0.15) is 46.0 Å². The van der Waals surface area contributed by atoms with Crippen molar-refractivity contribution in [2.24, 2.45) is 17.6 Å². The Morgan fingerprint density at radius 1 is 1.23 bits per heavy atom. The minimum Gasteiger partial charge on any atom is -0.330 e. The molecule has 2 N–H and O–H groups in total. The molecule has 0 amide bonds. The van der Waals surface area contributed by atoms with E-state index < -0.39 is 5.67 Å². The summed E-state index contributed by atoms with van der Waals surface area (Å²) in [5.74, 6) is 1.05. The second-order valence-corrected chi connectivity index (χ2v) is 4.86. The first-order valence-corrected chi connectivity index (χ1v) is 5.43. The van der Waals surface area contributed by atoms with Crippen molar-refractivity contribution in [3.63, 3.8) is 0 Å². The molecule has 1 aliphatic rings. The summed E-state index contributed by atoms with van der Waals surface area (Å²) in [6, 6.07) is 0. The Morgan fingerprint density at radius 2 is 1.77 bits per heavy atom. The van der Waals surface area contributed by atoms with Gasteiger partial charge in [-0.2, -0.15) is 0 Å². The maximum Gasteiger partial charge on any atom is 0.108 e. The Hall–Kier alpha value is -0.110. The standard InChI is InChI=1S/C11H22FN/c1-11(2,12)10-5-3-9(4-6-10)7-8-13/h9-10H,3-8,13H2,1-2H3. The molecule has 13 heavy (non-hydrogen) atoms. The summed E-state index contributed by atoms with van der Waals surface area (Å²) in [7, 11) is 0. The summed E-state index contributed by atoms with van der Waals surface area (Å²) in [5.41, 5.74) is 4.53. The molecule has 1 aliphatic carbocycles. The molecule has 1 saturated carbocycles. The molecular weight excluding hydrogens is 165 g/mol. The first-order chi connectivity index (χ1) is 6.04. The third-order valence-corrected chi connectivity index (χ3v) is 3.39. The van der Waals surface area contributed by atoms with Crippen LogP contribution in [-0.4, -0.2) is 12.2 Å². The molecule has 78 valence electrons. The van der Waals surface area contributed by atoms with Crippen LogP contribution in [0.3, 0.4) is 0 Å². The lowest BCUT2D eigenvalue weighted by Gasteiger charge is -2.34. The smallest absolute Gasteiger partial charge is 0.108 e. The van der Waals surface area contributed by atoms with E-state index in [1.165, 1.54) is 12.8 Å². The molecule has 0 radical (unpaired) electrons. The van der Waals surface area contributed by atoms with Gasteiger partial charge in [-0.1, -0.05) is 12.8 Å². The van der Waals surface area contributed by atoms with E-state index in [1.807, 2.05) is 0 Å². The van der Waals surface area contributed by atoms with Crippen LogP contribution in [0.2, 0.25) is 0 Å². The lowest BCUT2D eigenvalue weighted by atomic mass is 9.75. The highest BCUT2D eigenvalue weighted by Crippen LogP contribution is 2.38. The van der Waals surface area contributed by atoms with Crippen molar-refractivity contribution in [1.82, 2.24) is 0 Å². The van der Waals surface area contributed by atoms with E-state index in [4.69, 9.17) is 5.73 Å². The Morgan fingerprint density at radius 3 is 2.15 bits per heavy atom. The SMILES string of the molecule is CC(C)(F)C1CCC(CCN)CC1. The summed E-state index contributed by atoms with van der Waals surface area (Å²) in [4.78, 5) is 0. The van der Waals surface area contributed by atoms with Gasteiger partial charge in [0.2, 0.25) is 0 Å². The molecule has 0 heterocycles. The second-order valence-electron chi connectivity index (χ2n) is 4.86.